The third-order valence-corrected chi connectivity index (χ3v) is 3.15. The van der Waals surface area contributed by atoms with E-state index in [2.05, 4.69) is 38.9 Å². The highest BCUT2D eigenvalue weighted by Crippen LogP contribution is 2.30. The van der Waals surface area contributed by atoms with Crippen LogP contribution in [0.4, 0.5) is 0 Å². The summed E-state index contributed by atoms with van der Waals surface area (Å²) < 4.78 is 6.55. The molecule has 1 aromatic heterocycles. The van der Waals surface area contributed by atoms with Crippen LogP contribution in [0.1, 0.15) is 16.7 Å². The molecule has 0 N–H and O–H groups in total. The first kappa shape index (κ1) is 12.0. The van der Waals surface area contributed by atoms with Gasteiger partial charge in [-0.3, -0.25) is 0 Å². The lowest BCUT2D eigenvalue weighted by atomic mass is 10.1. The summed E-state index contributed by atoms with van der Waals surface area (Å²) in [5.74, 6) is 1.37. The maximum Gasteiger partial charge on any atom is 0.236 e. The molecule has 0 saturated carbocycles. The molecule has 0 saturated heterocycles. The first-order valence-corrected chi connectivity index (χ1v) is 6.08. The highest BCUT2D eigenvalue weighted by Gasteiger charge is 2.08. The number of benzene rings is 1. The van der Waals surface area contributed by atoms with Crippen molar-refractivity contribution in [1.29, 1.82) is 0 Å². The van der Waals surface area contributed by atoms with Gasteiger partial charge in [-0.2, -0.15) is 0 Å². The zero-order valence-corrected chi connectivity index (χ0v) is 11.6. The number of hydrogen-bond acceptors (Lipinski definition) is 3. The van der Waals surface area contributed by atoms with E-state index >= 15 is 0 Å². The van der Waals surface area contributed by atoms with E-state index in [1.54, 1.807) is 6.20 Å². The molecule has 0 aliphatic heterocycles. The van der Waals surface area contributed by atoms with Gasteiger partial charge < -0.3 is 4.74 Å². The summed E-state index contributed by atoms with van der Waals surface area (Å²) in [6.07, 6.45) is 3.14. The summed E-state index contributed by atoms with van der Waals surface area (Å²) in [4.78, 5) is 8.00. The Morgan fingerprint density at radius 3 is 2.65 bits per heavy atom. The molecule has 0 aliphatic rings. The van der Waals surface area contributed by atoms with Crippen LogP contribution in [0, 0.1) is 20.8 Å². The zero-order valence-electron chi connectivity index (χ0n) is 9.99. The first-order valence-electron chi connectivity index (χ1n) is 5.29. The lowest BCUT2D eigenvalue weighted by Gasteiger charge is -2.11. The Morgan fingerprint density at radius 1 is 1.18 bits per heavy atom. The van der Waals surface area contributed by atoms with Crippen molar-refractivity contribution in [3.8, 4) is 11.6 Å². The van der Waals surface area contributed by atoms with Crippen LogP contribution in [0.25, 0.3) is 0 Å². The van der Waals surface area contributed by atoms with Crippen LogP contribution in [0.3, 0.4) is 0 Å². The maximum absolute atomic E-state index is 5.80. The average molecular weight is 293 g/mol. The smallest absolute Gasteiger partial charge is 0.236 e. The Morgan fingerprint density at radius 2 is 1.94 bits per heavy atom. The lowest BCUT2D eigenvalue weighted by molar-refractivity contribution is 0.454. The third kappa shape index (κ3) is 2.64. The van der Waals surface area contributed by atoms with Crippen molar-refractivity contribution in [3.63, 3.8) is 0 Å². The number of ether oxygens (including phenoxy) is 1. The normalized spacial score (nSPS) is 10.4. The van der Waals surface area contributed by atoms with Gasteiger partial charge in [-0.15, -0.1) is 0 Å². The molecule has 1 aromatic carbocycles. The van der Waals surface area contributed by atoms with Crippen molar-refractivity contribution in [3.05, 3.63) is 45.8 Å². The Balaban J connectivity index is 2.40. The molecule has 1 heterocycles. The van der Waals surface area contributed by atoms with E-state index in [1.165, 1.54) is 17.5 Å². The Bertz CT molecular complexity index is 555. The fourth-order valence-electron chi connectivity index (χ4n) is 1.59. The minimum atomic E-state index is 0.535. The molecule has 4 heteroatoms. The number of halogens is 1. The van der Waals surface area contributed by atoms with Crippen molar-refractivity contribution >= 4 is 15.9 Å². The standard InChI is InChI=1S/C13H13BrN2O/c1-8-4-9(2)10(3)12(5-8)17-13-11(14)6-15-7-16-13/h4-7H,1-3H3. The molecule has 2 aromatic rings. The summed E-state index contributed by atoms with van der Waals surface area (Å²) >= 11 is 3.37. The second-order valence-corrected chi connectivity index (χ2v) is 4.84. The lowest BCUT2D eigenvalue weighted by Crippen LogP contribution is -1.94. The van der Waals surface area contributed by atoms with Crippen molar-refractivity contribution in [2.24, 2.45) is 0 Å². The van der Waals surface area contributed by atoms with E-state index in [9.17, 15) is 0 Å². The zero-order chi connectivity index (χ0) is 12.4. The Kier molecular flexibility index (Phi) is 3.43. The van der Waals surface area contributed by atoms with Crippen LogP contribution >= 0.6 is 15.9 Å². The molecule has 17 heavy (non-hydrogen) atoms. The molecule has 0 fully saturated rings. The average Bonchev–Trinajstić information content (AvgIpc) is 2.28. The van der Waals surface area contributed by atoms with Crippen LogP contribution in [0.15, 0.2) is 29.1 Å². The van der Waals surface area contributed by atoms with Crippen LogP contribution in [0.5, 0.6) is 11.6 Å². The van der Waals surface area contributed by atoms with Crippen LogP contribution in [-0.2, 0) is 0 Å². The number of aryl methyl sites for hydroxylation is 2. The molecule has 0 unspecified atom stereocenters. The quantitative estimate of drug-likeness (QED) is 0.840. The fraction of sp³-hybridized carbons (Fsp3) is 0.231. The van der Waals surface area contributed by atoms with Gasteiger partial charge in [0.15, 0.2) is 0 Å². The van der Waals surface area contributed by atoms with Gasteiger partial charge in [-0.25, -0.2) is 9.97 Å². The molecule has 0 amide bonds. The minimum absolute atomic E-state index is 0.535. The van der Waals surface area contributed by atoms with Gasteiger partial charge >= 0.3 is 0 Å². The highest BCUT2D eigenvalue weighted by atomic mass is 79.9. The van der Waals surface area contributed by atoms with Crippen molar-refractivity contribution in [2.75, 3.05) is 0 Å². The molecule has 3 nitrogen and oxygen atoms in total. The van der Waals surface area contributed by atoms with Gasteiger partial charge in [0.05, 0.1) is 4.47 Å². The molecule has 88 valence electrons. The first-order chi connectivity index (χ1) is 8.08. The van der Waals surface area contributed by atoms with E-state index in [0.29, 0.717) is 5.88 Å². The van der Waals surface area contributed by atoms with E-state index in [-0.39, 0.29) is 0 Å². The third-order valence-electron chi connectivity index (χ3n) is 2.60. The topological polar surface area (TPSA) is 35.0 Å². The largest absolute Gasteiger partial charge is 0.437 e. The molecule has 0 atom stereocenters. The predicted octanol–water partition coefficient (Wildman–Crippen LogP) is 3.96. The summed E-state index contributed by atoms with van der Waals surface area (Å²) in [5, 5.41) is 0. The van der Waals surface area contributed by atoms with Gasteiger partial charge in [-0.05, 0) is 59.5 Å². The van der Waals surface area contributed by atoms with Gasteiger partial charge in [0.1, 0.15) is 12.1 Å². The molecule has 0 radical (unpaired) electrons. The van der Waals surface area contributed by atoms with Crippen molar-refractivity contribution in [1.82, 2.24) is 9.97 Å². The van der Waals surface area contributed by atoms with Crippen LogP contribution < -0.4 is 4.74 Å². The molecular formula is C13H13BrN2O. The molecule has 0 aliphatic carbocycles. The van der Waals surface area contributed by atoms with Gasteiger partial charge in [-0.1, -0.05) is 6.07 Å². The van der Waals surface area contributed by atoms with Crippen molar-refractivity contribution < 1.29 is 4.74 Å². The second-order valence-electron chi connectivity index (χ2n) is 3.98. The van der Waals surface area contributed by atoms with E-state index in [1.807, 2.05) is 19.9 Å². The van der Waals surface area contributed by atoms with E-state index in [0.717, 1.165) is 15.8 Å². The summed E-state index contributed by atoms with van der Waals surface area (Å²) in [6, 6.07) is 4.15. The van der Waals surface area contributed by atoms with Gasteiger partial charge in [0, 0.05) is 6.20 Å². The number of nitrogens with zero attached hydrogens (tertiary/aromatic N) is 2. The van der Waals surface area contributed by atoms with E-state index < -0.39 is 0 Å². The summed E-state index contributed by atoms with van der Waals surface area (Å²) in [5.41, 5.74) is 3.51. The second kappa shape index (κ2) is 4.84. The molecular weight excluding hydrogens is 280 g/mol. The summed E-state index contributed by atoms with van der Waals surface area (Å²) in [7, 11) is 0. The monoisotopic (exact) mass is 292 g/mol. The molecule has 0 bridgehead atoms. The number of hydrogen-bond donors (Lipinski definition) is 0. The van der Waals surface area contributed by atoms with Crippen molar-refractivity contribution in [2.45, 2.75) is 20.8 Å². The number of rotatable bonds is 2. The minimum Gasteiger partial charge on any atom is -0.437 e. The van der Waals surface area contributed by atoms with Crippen LogP contribution in [0.2, 0.25) is 0 Å². The van der Waals surface area contributed by atoms with Gasteiger partial charge in [0.2, 0.25) is 5.88 Å². The molecule has 2 rings (SSSR count). The molecule has 0 spiro atoms. The predicted molar refractivity (Wildman–Crippen MR) is 70.5 cm³/mol. The van der Waals surface area contributed by atoms with Gasteiger partial charge in [0.25, 0.3) is 0 Å². The van der Waals surface area contributed by atoms with Crippen LogP contribution in [-0.4, -0.2) is 9.97 Å². The van der Waals surface area contributed by atoms with E-state index in [4.69, 9.17) is 4.74 Å². The Labute approximate surface area is 109 Å². The highest BCUT2D eigenvalue weighted by molar-refractivity contribution is 9.10. The summed E-state index contributed by atoms with van der Waals surface area (Å²) in [6.45, 7) is 6.16. The fourth-order valence-corrected chi connectivity index (χ4v) is 1.89. The SMILES string of the molecule is Cc1cc(C)c(C)c(Oc2ncncc2Br)c1. The number of aromatic nitrogens is 2. The Hall–Kier alpha value is -1.42. The maximum atomic E-state index is 5.80.